The highest BCUT2D eigenvalue weighted by Gasteiger charge is 2.14. The number of aryl methyl sites for hydroxylation is 1. The van der Waals surface area contributed by atoms with Gasteiger partial charge in [0, 0.05) is 11.8 Å². The van der Waals surface area contributed by atoms with E-state index in [1.807, 2.05) is 18.2 Å². The third kappa shape index (κ3) is 3.31. The fraction of sp³-hybridized carbons (Fsp3) is 0.235. The van der Waals surface area contributed by atoms with Crippen molar-refractivity contribution in [1.82, 2.24) is 5.32 Å². The normalized spacial score (nSPS) is 13.5. The lowest BCUT2D eigenvalue weighted by molar-refractivity contribution is 0.174. The van der Waals surface area contributed by atoms with Crippen molar-refractivity contribution >= 4 is 23.0 Å². The van der Waals surface area contributed by atoms with Crippen molar-refractivity contribution < 1.29 is 9.47 Å². The number of hydrogen-bond acceptors (Lipinski definition) is 3. The summed E-state index contributed by atoms with van der Waals surface area (Å²) in [5.74, 6) is 1.50. The summed E-state index contributed by atoms with van der Waals surface area (Å²) in [5.41, 5.74) is 3.32. The maximum atomic E-state index is 5.37. The van der Waals surface area contributed by atoms with E-state index in [1.165, 1.54) is 11.1 Å². The molecule has 0 saturated heterocycles. The topological polar surface area (TPSA) is 42.5 Å². The molecule has 0 aliphatic carbocycles. The highest BCUT2D eigenvalue weighted by atomic mass is 32.1. The van der Waals surface area contributed by atoms with Crippen molar-refractivity contribution in [2.24, 2.45) is 0 Å². The number of hydrogen-bond donors (Lipinski definition) is 2. The number of benzene rings is 2. The predicted octanol–water partition coefficient (Wildman–Crippen LogP) is 3.77. The molecule has 22 heavy (non-hydrogen) atoms. The summed E-state index contributed by atoms with van der Waals surface area (Å²) < 4.78 is 10.6. The number of fused-ring (bicyclic) bond motifs is 1. The van der Waals surface area contributed by atoms with Gasteiger partial charge in [0.25, 0.3) is 0 Å². The zero-order valence-corrected chi connectivity index (χ0v) is 13.4. The lowest BCUT2D eigenvalue weighted by atomic mass is 10.1. The molecule has 2 aromatic carbocycles. The smallest absolute Gasteiger partial charge is 0.231 e. The molecule has 1 atom stereocenters. The molecule has 0 unspecified atom stereocenters. The van der Waals surface area contributed by atoms with Gasteiger partial charge in [-0.05, 0) is 43.8 Å². The van der Waals surface area contributed by atoms with Gasteiger partial charge in [-0.2, -0.15) is 0 Å². The van der Waals surface area contributed by atoms with E-state index >= 15 is 0 Å². The molecule has 0 amide bonds. The van der Waals surface area contributed by atoms with Crippen molar-refractivity contribution in [2.45, 2.75) is 19.9 Å². The monoisotopic (exact) mass is 314 g/mol. The molecule has 2 aromatic rings. The third-order valence-electron chi connectivity index (χ3n) is 3.56. The first-order valence-electron chi connectivity index (χ1n) is 7.15. The van der Waals surface area contributed by atoms with Gasteiger partial charge in [-0.15, -0.1) is 0 Å². The summed E-state index contributed by atoms with van der Waals surface area (Å²) in [4.78, 5) is 0. The molecule has 0 bridgehead atoms. The van der Waals surface area contributed by atoms with E-state index in [9.17, 15) is 0 Å². The average Bonchev–Trinajstić information content (AvgIpc) is 2.95. The number of rotatable bonds is 3. The Hall–Kier alpha value is -2.27. The van der Waals surface area contributed by atoms with Gasteiger partial charge in [0.05, 0.1) is 6.04 Å². The van der Waals surface area contributed by atoms with Gasteiger partial charge in [-0.25, -0.2) is 0 Å². The molecule has 1 aliphatic rings. The number of thiocarbonyl (C=S) groups is 1. The largest absolute Gasteiger partial charge is 0.454 e. The minimum Gasteiger partial charge on any atom is -0.454 e. The second kappa shape index (κ2) is 6.23. The molecule has 0 spiro atoms. The maximum Gasteiger partial charge on any atom is 0.231 e. The van der Waals surface area contributed by atoms with E-state index in [2.05, 4.69) is 48.7 Å². The molecule has 5 heteroatoms. The lowest BCUT2D eigenvalue weighted by Crippen LogP contribution is -2.30. The Morgan fingerprint density at radius 3 is 2.59 bits per heavy atom. The quantitative estimate of drug-likeness (QED) is 0.844. The first kappa shape index (κ1) is 14.7. The molecule has 114 valence electrons. The van der Waals surface area contributed by atoms with Crippen LogP contribution in [0.4, 0.5) is 5.69 Å². The summed E-state index contributed by atoms with van der Waals surface area (Å²) in [6.07, 6.45) is 0. The maximum absolute atomic E-state index is 5.37. The van der Waals surface area contributed by atoms with Crippen LogP contribution in [0.3, 0.4) is 0 Å². The van der Waals surface area contributed by atoms with E-state index in [0.717, 1.165) is 17.2 Å². The standard InChI is InChI=1S/C17H18N2O2S/c1-11-3-5-13(6-4-11)12(2)18-17(22)19-14-7-8-15-16(9-14)21-10-20-15/h3-9,12H,10H2,1-2H3,(H2,18,19,22)/t12-/m0/s1. The minimum atomic E-state index is 0.134. The first-order valence-corrected chi connectivity index (χ1v) is 7.56. The summed E-state index contributed by atoms with van der Waals surface area (Å²) in [5, 5.41) is 7.02. The molecule has 0 fully saturated rings. The molecule has 3 rings (SSSR count). The molecule has 1 aliphatic heterocycles. The number of anilines is 1. The van der Waals surface area contributed by atoms with Crippen molar-refractivity contribution in [3.8, 4) is 11.5 Å². The molecular formula is C17H18N2O2S. The third-order valence-corrected chi connectivity index (χ3v) is 3.78. The molecule has 0 saturated carbocycles. The van der Waals surface area contributed by atoms with Crippen LogP contribution in [0.15, 0.2) is 42.5 Å². The molecule has 1 heterocycles. The van der Waals surface area contributed by atoms with E-state index in [-0.39, 0.29) is 12.8 Å². The fourth-order valence-electron chi connectivity index (χ4n) is 2.28. The second-order valence-corrected chi connectivity index (χ2v) is 5.71. The van der Waals surface area contributed by atoms with E-state index in [4.69, 9.17) is 21.7 Å². The van der Waals surface area contributed by atoms with Gasteiger partial charge in [0.2, 0.25) is 6.79 Å². The van der Waals surface area contributed by atoms with Crippen LogP contribution in [-0.4, -0.2) is 11.9 Å². The Morgan fingerprint density at radius 2 is 1.82 bits per heavy atom. The Bertz CT molecular complexity index is 686. The zero-order valence-electron chi connectivity index (χ0n) is 12.6. The summed E-state index contributed by atoms with van der Waals surface area (Å²) in [6.45, 7) is 4.43. The van der Waals surface area contributed by atoms with Gasteiger partial charge in [0.1, 0.15) is 0 Å². The molecule has 0 aromatic heterocycles. The Morgan fingerprint density at radius 1 is 1.09 bits per heavy atom. The lowest BCUT2D eigenvalue weighted by Gasteiger charge is -2.17. The molecular weight excluding hydrogens is 296 g/mol. The Labute approximate surface area is 135 Å². The molecule has 0 radical (unpaired) electrons. The summed E-state index contributed by atoms with van der Waals surface area (Å²) >= 11 is 5.37. The van der Waals surface area contributed by atoms with Crippen LogP contribution >= 0.6 is 12.2 Å². The Kier molecular flexibility index (Phi) is 4.15. The van der Waals surface area contributed by atoms with Crippen LogP contribution in [-0.2, 0) is 0 Å². The fourth-order valence-corrected chi connectivity index (χ4v) is 2.57. The second-order valence-electron chi connectivity index (χ2n) is 5.30. The van der Waals surface area contributed by atoms with Crippen molar-refractivity contribution in [3.05, 3.63) is 53.6 Å². The van der Waals surface area contributed by atoms with Crippen LogP contribution in [0.5, 0.6) is 11.5 Å². The van der Waals surface area contributed by atoms with Crippen LogP contribution in [0.25, 0.3) is 0 Å². The van der Waals surface area contributed by atoms with Crippen LogP contribution in [0.1, 0.15) is 24.1 Å². The average molecular weight is 314 g/mol. The zero-order chi connectivity index (χ0) is 15.5. The SMILES string of the molecule is Cc1ccc([C@H](C)NC(=S)Nc2ccc3c(c2)OCO3)cc1. The van der Waals surface area contributed by atoms with E-state index in [0.29, 0.717) is 5.11 Å². The minimum absolute atomic E-state index is 0.134. The van der Waals surface area contributed by atoms with Gasteiger partial charge in [-0.1, -0.05) is 29.8 Å². The Balaban J connectivity index is 1.61. The number of ether oxygens (including phenoxy) is 2. The van der Waals surface area contributed by atoms with Gasteiger partial charge >= 0.3 is 0 Å². The highest BCUT2D eigenvalue weighted by molar-refractivity contribution is 7.80. The van der Waals surface area contributed by atoms with Crippen LogP contribution in [0.2, 0.25) is 0 Å². The highest BCUT2D eigenvalue weighted by Crippen LogP contribution is 2.34. The summed E-state index contributed by atoms with van der Waals surface area (Å²) in [7, 11) is 0. The van der Waals surface area contributed by atoms with Crippen molar-refractivity contribution in [1.29, 1.82) is 0 Å². The molecule has 2 N–H and O–H groups in total. The predicted molar refractivity (Wildman–Crippen MR) is 91.5 cm³/mol. The van der Waals surface area contributed by atoms with Crippen molar-refractivity contribution in [2.75, 3.05) is 12.1 Å². The molecule has 4 nitrogen and oxygen atoms in total. The van der Waals surface area contributed by atoms with Crippen LogP contribution in [0, 0.1) is 6.92 Å². The number of nitrogens with one attached hydrogen (secondary N) is 2. The van der Waals surface area contributed by atoms with E-state index in [1.54, 1.807) is 0 Å². The van der Waals surface area contributed by atoms with Crippen molar-refractivity contribution in [3.63, 3.8) is 0 Å². The van der Waals surface area contributed by atoms with Gasteiger partial charge in [-0.3, -0.25) is 0 Å². The van der Waals surface area contributed by atoms with Crippen LogP contribution < -0.4 is 20.1 Å². The first-order chi connectivity index (χ1) is 10.6. The van der Waals surface area contributed by atoms with E-state index < -0.39 is 0 Å². The van der Waals surface area contributed by atoms with Gasteiger partial charge < -0.3 is 20.1 Å². The van der Waals surface area contributed by atoms with Gasteiger partial charge in [0.15, 0.2) is 16.6 Å². The summed E-state index contributed by atoms with van der Waals surface area (Å²) in [6, 6.07) is 14.2.